The van der Waals surface area contributed by atoms with Gasteiger partial charge < -0.3 is 8.98 Å². The Morgan fingerprint density at radius 1 is 0.351 bits per heavy atom. The molecule has 266 valence electrons. The summed E-state index contributed by atoms with van der Waals surface area (Å²) < 4.78 is 8.89. The number of furan rings is 1. The third-order valence-corrected chi connectivity index (χ3v) is 12.1. The number of hydrogen-bond donors (Lipinski definition) is 0. The van der Waals surface area contributed by atoms with Gasteiger partial charge in [0.1, 0.15) is 11.2 Å². The van der Waals surface area contributed by atoms with Gasteiger partial charge in [0.2, 0.25) is 0 Å². The minimum atomic E-state index is 0.245. The molecule has 0 saturated heterocycles. The Morgan fingerprint density at radius 2 is 0.930 bits per heavy atom. The van der Waals surface area contributed by atoms with Crippen LogP contribution in [-0.4, -0.2) is 4.57 Å². The van der Waals surface area contributed by atoms with Gasteiger partial charge in [-0.05, 0) is 110 Å². The summed E-state index contributed by atoms with van der Waals surface area (Å²) in [5.41, 5.74) is 19.1. The monoisotopic (exact) mass is 725 g/mol. The Labute approximate surface area is 330 Å². The molecule has 0 aliphatic heterocycles. The molecule has 1 unspecified atom stereocenters. The largest absolute Gasteiger partial charge is 0.455 e. The maximum absolute atomic E-state index is 6.50. The lowest BCUT2D eigenvalue weighted by atomic mass is 9.89. The molecule has 0 bridgehead atoms. The molecule has 0 fully saturated rings. The van der Waals surface area contributed by atoms with Gasteiger partial charge >= 0.3 is 0 Å². The van der Waals surface area contributed by atoms with Crippen molar-refractivity contribution < 1.29 is 4.42 Å². The fourth-order valence-electron chi connectivity index (χ4n) is 9.47. The highest BCUT2D eigenvalue weighted by Crippen LogP contribution is 2.49. The van der Waals surface area contributed by atoms with Gasteiger partial charge in [0.15, 0.2) is 0 Å². The zero-order valence-corrected chi connectivity index (χ0v) is 31.1. The molecule has 0 saturated carbocycles. The van der Waals surface area contributed by atoms with Crippen LogP contribution in [0.25, 0.3) is 93.9 Å². The molecule has 0 spiro atoms. The van der Waals surface area contributed by atoms with Crippen molar-refractivity contribution in [2.75, 3.05) is 0 Å². The van der Waals surface area contributed by atoms with E-state index in [4.69, 9.17) is 4.42 Å². The second-order valence-corrected chi connectivity index (χ2v) is 15.2. The predicted molar refractivity (Wildman–Crippen MR) is 237 cm³/mol. The van der Waals surface area contributed by atoms with Gasteiger partial charge in [-0.15, -0.1) is 0 Å². The number of aromatic nitrogens is 1. The number of para-hydroxylation sites is 3. The Bertz CT molecular complexity index is 3350. The zero-order valence-electron chi connectivity index (χ0n) is 31.1. The molecule has 2 aromatic heterocycles. The van der Waals surface area contributed by atoms with E-state index in [9.17, 15) is 0 Å². The minimum Gasteiger partial charge on any atom is -0.455 e. The summed E-state index contributed by atoms with van der Waals surface area (Å²) in [6, 6.07) is 75.2. The minimum absolute atomic E-state index is 0.245. The first-order valence-corrected chi connectivity index (χ1v) is 19.7. The number of nitrogens with zero attached hydrogens (tertiary/aromatic N) is 1. The molecule has 0 radical (unpaired) electrons. The van der Waals surface area contributed by atoms with Crippen LogP contribution in [0, 0.1) is 0 Å². The first kappa shape index (κ1) is 31.9. The fraction of sp³-hybridized carbons (Fsp3) is 0.0182. The van der Waals surface area contributed by atoms with Crippen molar-refractivity contribution >= 4 is 43.7 Å². The molecule has 0 N–H and O–H groups in total. The van der Waals surface area contributed by atoms with E-state index < -0.39 is 0 Å². The van der Waals surface area contributed by atoms with Gasteiger partial charge in [0.05, 0.1) is 11.0 Å². The van der Waals surface area contributed by atoms with Crippen molar-refractivity contribution in [3.05, 3.63) is 223 Å². The highest BCUT2D eigenvalue weighted by Gasteiger charge is 2.30. The number of benzene rings is 9. The lowest BCUT2D eigenvalue weighted by Crippen LogP contribution is -1.98. The molecule has 1 aliphatic rings. The lowest BCUT2D eigenvalue weighted by molar-refractivity contribution is 0.670. The first-order valence-electron chi connectivity index (χ1n) is 19.7. The van der Waals surface area contributed by atoms with E-state index in [1.165, 1.54) is 71.9 Å². The molecule has 12 rings (SSSR count). The van der Waals surface area contributed by atoms with Gasteiger partial charge in [-0.1, -0.05) is 152 Å². The van der Waals surface area contributed by atoms with Crippen molar-refractivity contribution in [2.24, 2.45) is 0 Å². The normalized spacial score (nSPS) is 13.4. The van der Waals surface area contributed by atoms with E-state index >= 15 is 0 Å². The summed E-state index contributed by atoms with van der Waals surface area (Å²) in [5, 5.41) is 4.71. The van der Waals surface area contributed by atoms with Gasteiger partial charge in [-0.3, -0.25) is 0 Å². The van der Waals surface area contributed by atoms with Gasteiger partial charge in [-0.25, -0.2) is 0 Å². The van der Waals surface area contributed by atoms with E-state index in [2.05, 4.69) is 205 Å². The molecule has 9 aromatic carbocycles. The third-order valence-electron chi connectivity index (χ3n) is 12.1. The van der Waals surface area contributed by atoms with Gasteiger partial charge in [0, 0.05) is 38.7 Å². The van der Waals surface area contributed by atoms with E-state index in [0.717, 1.165) is 38.8 Å². The third kappa shape index (κ3) is 4.97. The maximum Gasteiger partial charge on any atom is 0.143 e. The van der Waals surface area contributed by atoms with Gasteiger partial charge in [0.25, 0.3) is 0 Å². The molecule has 2 heteroatoms. The molecular formula is C55H35NO. The van der Waals surface area contributed by atoms with E-state index in [-0.39, 0.29) is 5.92 Å². The maximum atomic E-state index is 6.50. The first-order chi connectivity index (χ1) is 28.3. The molecule has 57 heavy (non-hydrogen) atoms. The Hall–Kier alpha value is -7.42. The van der Waals surface area contributed by atoms with Crippen molar-refractivity contribution in [1.29, 1.82) is 0 Å². The Kier molecular flexibility index (Phi) is 7.02. The predicted octanol–water partition coefficient (Wildman–Crippen LogP) is 14.8. The molecule has 0 amide bonds. The molecule has 1 atom stereocenters. The smallest absolute Gasteiger partial charge is 0.143 e. The molecule has 1 aliphatic carbocycles. The fourth-order valence-corrected chi connectivity index (χ4v) is 9.47. The van der Waals surface area contributed by atoms with E-state index in [1.807, 2.05) is 6.07 Å². The van der Waals surface area contributed by atoms with Crippen LogP contribution in [0.2, 0.25) is 0 Å². The molecule has 2 heterocycles. The van der Waals surface area contributed by atoms with Crippen LogP contribution in [-0.2, 0) is 0 Å². The van der Waals surface area contributed by atoms with Crippen molar-refractivity contribution in [3.8, 4) is 50.2 Å². The highest BCUT2D eigenvalue weighted by molar-refractivity contribution is 6.14. The summed E-state index contributed by atoms with van der Waals surface area (Å²) in [4.78, 5) is 0. The number of rotatable bonds is 5. The quantitative estimate of drug-likeness (QED) is 0.173. The van der Waals surface area contributed by atoms with Crippen LogP contribution in [0.15, 0.2) is 211 Å². The topological polar surface area (TPSA) is 18.1 Å². The summed E-state index contributed by atoms with van der Waals surface area (Å²) in [7, 11) is 0. The molecular weight excluding hydrogens is 691 g/mol. The van der Waals surface area contributed by atoms with Crippen LogP contribution in [0.4, 0.5) is 0 Å². The summed E-state index contributed by atoms with van der Waals surface area (Å²) in [6.45, 7) is 0. The van der Waals surface area contributed by atoms with Crippen molar-refractivity contribution in [3.63, 3.8) is 0 Å². The van der Waals surface area contributed by atoms with Crippen molar-refractivity contribution in [2.45, 2.75) is 5.92 Å². The highest BCUT2D eigenvalue weighted by atomic mass is 16.3. The Morgan fingerprint density at radius 3 is 1.75 bits per heavy atom. The molecule has 11 aromatic rings. The number of fused-ring (bicyclic) bond motifs is 9. The average Bonchev–Trinajstić information content (AvgIpc) is 3.94. The summed E-state index contributed by atoms with van der Waals surface area (Å²) in [6.07, 6.45) is 0. The van der Waals surface area contributed by atoms with E-state index in [1.54, 1.807) is 0 Å². The number of hydrogen-bond acceptors (Lipinski definition) is 1. The van der Waals surface area contributed by atoms with E-state index in [0.29, 0.717) is 0 Å². The Balaban J connectivity index is 0.996. The second-order valence-electron chi connectivity index (χ2n) is 15.2. The summed E-state index contributed by atoms with van der Waals surface area (Å²) in [5.74, 6) is 0.245. The van der Waals surface area contributed by atoms with Crippen LogP contribution in [0.1, 0.15) is 22.6 Å². The SMILES string of the molecule is c1ccc(C2c3ccccc3-c3cc(-c4cccc(-c5ccc6c(c5)c5cc(-c7cccc8c7oc7ccccc78)ccc5n6-c5ccccc5)c4)ccc32)cc1. The zero-order chi connectivity index (χ0) is 37.5. The van der Waals surface area contributed by atoms with Crippen molar-refractivity contribution in [1.82, 2.24) is 4.57 Å². The van der Waals surface area contributed by atoms with Crippen LogP contribution < -0.4 is 0 Å². The average molecular weight is 726 g/mol. The summed E-state index contributed by atoms with van der Waals surface area (Å²) >= 11 is 0. The van der Waals surface area contributed by atoms with Crippen LogP contribution in [0.3, 0.4) is 0 Å². The lowest BCUT2D eigenvalue weighted by Gasteiger charge is -2.14. The second kappa shape index (κ2) is 12.6. The van der Waals surface area contributed by atoms with Crippen LogP contribution >= 0.6 is 0 Å². The van der Waals surface area contributed by atoms with Gasteiger partial charge in [-0.2, -0.15) is 0 Å². The van der Waals surface area contributed by atoms with Crippen LogP contribution in [0.5, 0.6) is 0 Å². The standard InChI is InChI=1S/C55H35NO/c1-3-13-35(14-4-1)54-45-21-8-7-19-43(45)48-32-38(25-28-46(48)54)36-15-11-16-37(31-36)39-26-29-51-49(33-39)50-34-40(27-30-52(50)56(51)41-17-5-2-6-18-41)42-22-12-23-47-44-20-9-10-24-53(44)57-55(42)47/h1-34,54H. The molecule has 2 nitrogen and oxygen atoms in total.